The number of hydrogen-bond donors (Lipinski definition) is 1. The summed E-state index contributed by atoms with van der Waals surface area (Å²) in [6.45, 7) is 7.26. The molecule has 0 aromatic rings. The van der Waals surface area contributed by atoms with Crippen molar-refractivity contribution in [3.63, 3.8) is 0 Å². The fraction of sp³-hybridized carbons (Fsp3) is 0.875. The Bertz CT molecular complexity index is 136. The second-order valence-corrected chi connectivity index (χ2v) is 3.73. The summed E-state index contributed by atoms with van der Waals surface area (Å²) >= 11 is 0. The molecule has 0 radical (unpaired) electrons. The summed E-state index contributed by atoms with van der Waals surface area (Å²) in [5.74, 6) is 0. The first-order chi connectivity index (χ1) is 4.95. The van der Waals surface area contributed by atoms with Crippen LogP contribution in [0.3, 0.4) is 0 Å². The van der Waals surface area contributed by atoms with Gasteiger partial charge in [-0.15, -0.1) is 0 Å². The molecule has 11 heavy (non-hydrogen) atoms. The minimum absolute atomic E-state index is 0.272. The summed E-state index contributed by atoms with van der Waals surface area (Å²) in [4.78, 5) is 4.00. The van der Waals surface area contributed by atoms with Gasteiger partial charge in [0.1, 0.15) is 0 Å². The molecule has 66 valence electrons. The predicted octanol–water partition coefficient (Wildman–Crippen LogP) is 1.38. The highest BCUT2D eigenvalue weighted by Crippen LogP contribution is 2.17. The summed E-state index contributed by atoms with van der Waals surface area (Å²) in [6, 6.07) is 0.272. The molecule has 0 fully saturated rings. The summed E-state index contributed by atoms with van der Waals surface area (Å²) in [6.07, 6.45) is 1.02. The predicted molar refractivity (Wildman–Crippen MR) is 47.6 cm³/mol. The molecule has 0 atom stereocenters. The molecule has 3 nitrogen and oxygen atoms in total. The van der Waals surface area contributed by atoms with Gasteiger partial charge in [0, 0.05) is 6.54 Å². The Labute approximate surface area is 68.6 Å². The normalized spacial score (nSPS) is 13.3. The standard InChI is InChI=1S/C8H18N2O/c1-8(2,3)5-6-10-7(9)11-4/h5-6H2,1-4H3,(H2,9,10). The van der Waals surface area contributed by atoms with Crippen molar-refractivity contribution in [2.75, 3.05) is 13.7 Å². The van der Waals surface area contributed by atoms with E-state index in [0.717, 1.165) is 13.0 Å². The Morgan fingerprint density at radius 1 is 1.45 bits per heavy atom. The number of hydrogen-bond acceptors (Lipinski definition) is 2. The molecule has 0 heterocycles. The van der Waals surface area contributed by atoms with Crippen molar-refractivity contribution < 1.29 is 4.74 Å². The largest absolute Gasteiger partial charge is 0.469 e. The van der Waals surface area contributed by atoms with Crippen LogP contribution in [0.4, 0.5) is 0 Å². The van der Waals surface area contributed by atoms with E-state index in [-0.39, 0.29) is 6.02 Å². The van der Waals surface area contributed by atoms with E-state index in [1.807, 2.05) is 0 Å². The van der Waals surface area contributed by atoms with Crippen molar-refractivity contribution in [1.29, 1.82) is 0 Å². The van der Waals surface area contributed by atoms with E-state index in [4.69, 9.17) is 10.5 Å². The average Bonchev–Trinajstić information content (AvgIpc) is 1.85. The van der Waals surface area contributed by atoms with Gasteiger partial charge in [0.05, 0.1) is 7.11 Å². The Morgan fingerprint density at radius 2 is 2.00 bits per heavy atom. The van der Waals surface area contributed by atoms with Gasteiger partial charge >= 0.3 is 0 Å². The van der Waals surface area contributed by atoms with E-state index < -0.39 is 0 Å². The van der Waals surface area contributed by atoms with Crippen molar-refractivity contribution in [3.05, 3.63) is 0 Å². The van der Waals surface area contributed by atoms with Crippen LogP contribution in [0.15, 0.2) is 4.99 Å². The zero-order valence-corrected chi connectivity index (χ0v) is 7.85. The number of aliphatic imine (C=N–C) groups is 1. The SMILES string of the molecule is COC(N)=NCCC(C)(C)C. The van der Waals surface area contributed by atoms with E-state index in [1.54, 1.807) is 0 Å². The van der Waals surface area contributed by atoms with E-state index in [9.17, 15) is 0 Å². The zero-order valence-electron chi connectivity index (χ0n) is 7.85. The Kier molecular flexibility index (Phi) is 3.93. The number of ether oxygens (including phenoxy) is 1. The number of methoxy groups -OCH3 is 1. The Balaban J connectivity index is 3.57. The van der Waals surface area contributed by atoms with E-state index in [2.05, 4.69) is 25.8 Å². The third-order valence-electron chi connectivity index (χ3n) is 1.34. The fourth-order valence-corrected chi connectivity index (χ4v) is 0.566. The van der Waals surface area contributed by atoms with Crippen molar-refractivity contribution in [2.24, 2.45) is 16.1 Å². The molecule has 0 aliphatic rings. The molecule has 0 unspecified atom stereocenters. The molecule has 0 amide bonds. The molecule has 0 saturated carbocycles. The van der Waals surface area contributed by atoms with Gasteiger partial charge in [0.15, 0.2) is 0 Å². The van der Waals surface area contributed by atoms with Crippen molar-refractivity contribution >= 4 is 6.02 Å². The number of nitrogens with two attached hydrogens (primary N) is 1. The second kappa shape index (κ2) is 4.21. The molecule has 0 rings (SSSR count). The van der Waals surface area contributed by atoms with Crippen molar-refractivity contribution in [1.82, 2.24) is 0 Å². The third kappa shape index (κ3) is 7.16. The fourth-order valence-electron chi connectivity index (χ4n) is 0.566. The van der Waals surface area contributed by atoms with Gasteiger partial charge < -0.3 is 10.5 Å². The molecule has 2 N–H and O–H groups in total. The van der Waals surface area contributed by atoms with Crippen LogP contribution < -0.4 is 5.73 Å². The summed E-state index contributed by atoms with van der Waals surface area (Å²) in [7, 11) is 1.52. The molecular formula is C8H18N2O. The number of nitrogens with zero attached hydrogens (tertiary/aromatic N) is 1. The highest BCUT2D eigenvalue weighted by Gasteiger charge is 2.08. The van der Waals surface area contributed by atoms with Crippen LogP contribution in [0.2, 0.25) is 0 Å². The van der Waals surface area contributed by atoms with E-state index >= 15 is 0 Å². The maximum absolute atomic E-state index is 5.33. The van der Waals surface area contributed by atoms with Gasteiger partial charge in [-0.1, -0.05) is 20.8 Å². The molecule has 3 heteroatoms. The second-order valence-electron chi connectivity index (χ2n) is 3.73. The van der Waals surface area contributed by atoms with Crippen LogP contribution in [0.1, 0.15) is 27.2 Å². The van der Waals surface area contributed by atoms with Gasteiger partial charge in [0.2, 0.25) is 0 Å². The van der Waals surface area contributed by atoms with Crippen LogP contribution in [-0.2, 0) is 4.74 Å². The lowest BCUT2D eigenvalue weighted by Crippen LogP contribution is -2.15. The first kappa shape index (κ1) is 10.3. The number of rotatable bonds is 2. The highest BCUT2D eigenvalue weighted by molar-refractivity contribution is 5.71. The van der Waals surface area contributed by atoms with Gasteiger partial charge in [0.25, 0.3) is 6.02 Å². The summed E-state index contributed by atoms with van der Waals surface area (Å²) in [5, 5.41) is 0. The topological polar surface area (TPSA) is 47.6 Å². The quantitative estimate of drug-likeness (QED) is 0.487. The van der Waals surface area contributed by atoms with Crippen LogP contribution in [0, 0.1) is 5.41 Å². The average molecular weight is 158 g/mol. The molecule has 0 aromatic carbocycles. The number of amidine groups is 1. The lowest BCUT2D eigenvalue weighted by atomic mass is 9.93. The lowest BCUT2D eigenvalue weighted by molar-refractivity contribution is 0.372. The summed E-state index contributed by atoms with van der Waals surface area (Å²) < 4.78 is 4.69. The minimum atomic E-state index is 0.272. The Hall–Kier alpha value is -0.730. The first-order valence-electron chi connectivity index (χ1n) is 3.79. The van der Waals surface area contributed by atoms with Crippen molar-refractivity contribution in [3.8, 4) is 0 Å². The molecule has 0 bridgehead atoms. The molecular weight excluding hydrogens is 140 g/mol. The highest BCUT2D eigenvalue weighted by atomic mass is 16.5. The molecule has 0 aliphatic carbocycles. The van der Waals surface area contributed by atoms with Gasteiger partial charge in [-0.3, -0.25) is 0 Å². The minimum Gasteiger partial charge on any atom is -0.469 e. The maximum atomic E-state index is 5.33. The van der Waals surface area contributed by atoms with Crippen LogP contribution in [0.5, 0.6) is 0 Å². The van der Waals surface area contributed by atoms with Gasteiger partial charge in [-0.25, -0.2) is 4.99 Å². The Morgan fingerprint density at radius 3 is 2.36 bits per heavy atom. The van der Waals surface area contributed by atoms with Gasteiger partial charge in [-0.05, 0) is 11.8 Å². The van der Waals surface area contributed by atoms with Crippen molar-refractivity contribution in [2.45, 2.75) is 27.2 Å². The lowest BCUT2D eigenvalue weighted by Gasteiger charge is -2.15. The molecule has 0 spiro atoms. The third-order valence-corrected chi connectivity index (χ3v) is 1.34. The molecule has 0 aromatic heterocycles. The van der Waals surface area contributed by atoms with Crippen LogP contribution in [0.25, 0.3) is 0 Å². The smallest absolute Gasteiger partial charge is 0.281 e. The maximum Gasteiger partial charge on any atom is 0.281 e. The van der Waals surface area contributed by atoms with E-state index in [1.165, 1.54) is 7.11 Å². The van der Waals surface area contributed by atoms with E-state index in [0.29, 0.717) is 5.41 Å². The van der Waals surface area contributed by atoms with Gasteiger partial charge in [-0.2, -0.15) is 0 Å². The molecule has 0 saturated heterocycles. The molecule has 0 aliphatic heterocycles. The first-order valence-corrected chi connectivity index (χ1v) is 3.79. The van der Waals surface area contributed by atoms with Crippen LogP contribution in [-0.4, -0.2) is 19.7 Å². The summed E-state index contributed by atoms with van der Waals surface area (Å²) in [5.41, 5.74) is 5.65. The zero-order chi connectivity index (χ0) is 8.91. The van der Waals surface area contributed by atoms with Crippen LogP contribution >= 0.6 is 0 Å². The monoisotopic (exact) mass is 158 g/mol.